The van der Waals surface area contributed by atoms with Gasteiger partial charge in [0.15, 0.2) is 0 Å². The van der Waals surface area contributed by atoms with Gasteiger partial charge in [-0.3, -0.25) is 4.79 Å². The van der Waals surface area contributed by atoms with Crippen LogP contribution in [0.3, 0.4) is 0 Å². The highest BCUT2D eigenvalue weighted by molar-refractivity contribution is 5.78. The predicted octanol–water partition coefficient (Wildman–Crippen LogP) is -0.173. The SMILES string of the molecule is O=C1CC(CO)CN1CC1CCNCC1. The monoisotopic (exact) mass is 212 g/mol. The number of hydrogen-bond acceptors (Lipinski definition) is 3. The quantitative estimate of drug-likeness (QED) is 0.683. The minimum atomic E-state index is 0.147. The first-order chi connectivity index (χ1) is 7.29. The highest BCUT2D eigenvalue weighted by Crippen LogP contribution is 2.21. The average Bonchev–Trinajstić information content (AvgIpc) is 2.61. The molecule has 0 aliphatic carbocycles. The summed E-state index contributed by atoms with van der Waals surface area (Å²) in [5, 5.41) is 12.3. The summed E-state index contributed by atoms with van der Waals surface area (Å²) in [6, 6.07) is 0. The molecule has 86 valence electrons. The maximum absolute atomic E-state index is 11.6. The van der Waals surface area contributed by atoms with Crippen LogP contribution >= 0.6 is 0 Å². The van der Waals surface area contributed by atoms with Crippen molar-refractivity contribution in [1.29, 1.82) is 0 Å². The third-order valence-electron chi connectivity index (χ3n) is 3.49. The van der Waals surface area contributed by atoms with Gasteiger partial charge in [-0.1, -0.05) is 0 Å². The lowest BCUT2D eigenvalue weighted by atomic mass is 9.98. The lowest BCUT2D eigenvalue weighted by Crippen LogP contribution is -2.37. The maximum atomic E-state index is 11.6. The summed E-state index contributed by atoms with van der Waals surface area (Å²) in [5.74, 6) is 1.07. The zero-order valence-corrected chi connectivity index (χ0v) is 9.11. The number of hydrogen-bond donors (Lipinski definition) is 2. The van der Waals surface area contributed by atoms with E-state index in [1.165, 1.54) is 12.8 Å². The standard InChI is InChI=1S/C11H20N2O2/c14-8-10-5-11(15)13(7-10)6-9-1-3-12-4-2-9/h9-10,12,14H,1-8H2. The van der Waals surface area contributed by atoms with Crippen molar-refractivity contribution in [2.24, 2.45) is 11.8 Å². The van der Waals surface area contributed by atoms with Crippen LogP contribution in [0.25, 0.3) is 0 Å². The number of amides is 1. The van der Waals surface area contributed by atoms with E-state index in [4.69, 9.17) is 5.11 Å². The first-order valence-corrected chi connectivity index (χ1v) is 5.89. The molecular weight excluding hydrogens is 192 g/mol. The number of likely N-dealkylation sites (tertiary alicyclic amines) is 1. The van der Waals surface area contributed by atoms with Crippen LogP contribution in [0.4, 0.5) is 0 Å². The summed E-state index contributed by atoms with van der Waals surface area (Å²) in [4.78, 5) is 13.6. The van der Waals surface area contributed by atoms with Crippen LogP contribution in [-0.4, -0.2) is 48.7 Å². The van der Waals surface area contributed by atoms with Gasteiger partial charge in [0, 0.05) is 32.0 Å². The molecule has 2 rings (SSSR count). The molecule has 0 saturated carbocycles. The molecule has 2 saturated heterocycles. The summed E-state index contributed by atoms with van der Waals surface area (Å²) in [7, 11) is 0. The number of nitrogens with zero attached hydrogens (tertiary/aromatic N) is 1. The van der Waals surface area contributed by atoms with E-state index in [-0.39, 0.29) is 18.4 Å². The first-order valence-electron chi connectivity index (χ1n) is 5.89. The summed E-state index contributed by atoms with van der Waals surface area (Å²) < 4.78 is 0. The normalized spacial score (nSPS) is 28.7. The van der Waals surface area contributed by atoms with Crippen LogP contribution < -0.4 is 5.32 Å². The van der Waals surface area contributed by atoms with E-state index in [0.29, 0.717) is 12.3 Å². The fraction of sp³-hybridized carbons (Fsp3) is 0.909. The Morgan fingerprint density at radius 2 is 2.07 bits per heavy atom. The van der Waals surface area contributed by atoms with Gasteiger partial charge >= 0.3 is 0 Å². The highest BCUT2D eigenvalue weighted by atomic mass is 16.3. The Morgan fingerprint density at radius 1 is 1.33 bits per heavy atom. The summed E-state index contributed by atoms with van der Waals surface area (Å²) in [6.45, 7) is 3.97. The van der Waals surface area contributed by atoms with Gasteiger partial charge in [0.1, 0.15) is 0 Å². The fourth-order valence-electron chi connectivity index (χ4n) is 2.53. The summed E-state index contributed by atoms with van der Waals surface area (Å²) >= 11 is 0. The van der Waals surface area contributed by atoms with Gasteiger partial charge in [-0.05, 0) is 31.8 Å². The Kier molecular flexibility index (Phi) is 3.59. The molecule has 2 N–H and O–H groups in total. The first kappa shape index (κ1) is 10.9. The third kappa shape index (κ3) is 2.69. The molecule has 2 aliphatic rings. The number of piperidine rings is 1. The number of carbonyl (C=O) groups is 1. The Labute approximate surface area is 90.6 Å². The smallest absolute Gasteiger partial charge is 0.223 e. The van der Waals surface area contributed by atoms with Crippen LogP contribution in [0.15, 0.2) is 0 Å². The zero-order valence-electron chi connectivity index (χ0n) is 9.11. The van der Waals surface area contributed by atoms with E-state index in [2.05, 4.69) is 5.32 Å². The predicted molar refractivity (Wildman–Crippen MR) is 57.4 cm³/mol. The van der Waals surface area contributed by atoms with Crippen LogP contribution in [0.1, 0.15) is 19.3 Å². The molecule has 4 heteroatoms. The third-order valence-corrected chi connectivity index (χ3v) is 3.49. The van der Waals surface area contributed by atoms with Crippen LogP contribution in [0, 0.1) is 11.8 Å². The molecule has 2 heterocycles. The Balaban J connectivity index is 1.81. The van der Waals surface area contributed by atoms with E-state index >= 15 is 0 Å². The van der Waals surface area contributed by atoms with Crippen molar-refractivity contribution in [1.82, 2.24) is 10.2 Å². The number of aliphatic hydroxyl groups is 1. The maximum Gasteiger partial charge on any atom is 0.223 e. The van der Waals surface area contributed by atoms with Gasteiger partial charge in [-0.25, -0.2) is 0 Å². The van der Waals surface area contributed by atoms with Gasteiger partial charge in [0.2, 0.25) is 5.91 Å². The Morgan fingerprint density at radius 3 is 2.67 bits per heavy atom. The van der Waals surface area contributed by atoms with Crippen molar-refractivity contribution in [2.75, 3.05) is 32.8 Å². The second-order valence-corrected chi connectivity index (χ2v) is 4.74. The molecule has 1 amide bonds. The van der Waals surface area contributed by atoms with Crippen molar-refractivity contribution >= 4 is 5.91 Å². The average molecular weight is 212 g/mol. The number of nitrogens with one attached hydrogen (secondary N) is 1. The van der Waals surface area contributed by atoms with Crippen molar-refractivity contribution in [3.8, 4) is 0 Å². The van der Waals surface area contributed by atoms with Crippen LogP contribution in [-0.2, 0) is 4.79 Å². The molecule has 1 unspecified atom stereocenters. The summed E-state index contributed by atoms with van der Waals surface area (Å²) in [6.07, 6.45) is 2.89. The van der Waals surface area contributed by atoms with Gasteiger partial charge < -0.3 is 15.3 Å². The Hall–Kier alpha value is -0.610. The largest absolute Gasteiger partial charge is 0.396 e. The van der Waals surface area contributed by atoms with Crippen molar-refractivity contribution < 1.29 is 9.90 Å². The number of aliphatic hydroxyl groups excluding tert-OH is 1. The molecule has 2 fully saturated rings. The van der Waals surface area contributed by atoms with E-state index in [0.717, 1.165) is 26.2 Å². The molecule has 0 radical (unpaired) electrons. The van der Waals surface area contributed by atoms with E-state index in [9.17, 15) is 4.79 Å². The molecule has 4 nitrogen and oxygen atoms in total. The summed E-state index contributed by atoms with van der Waals surface area (Å²) in [5.41, 5.74) is 0. The minimum Gasteiger partial charge on any atom is -0.396 e. The molecule has 2 aliphatic heterocycles. The van der Waals surface area contributed by atoms with Crippen molar-refractivity contribution in [3.63, 3.8) is 0 Å². The second kappa shape index (κ2) is 4.94. The van der Waals surface area contributed by atoms with E-state index in [1.54, 1.807) is 0 Å². The molecule has 0 aromatic heterocycles. The molecule has 0 spiro atoms. The van der Waals surface area contributed by atoms with Gasteiger partial charge in [-0.2, -0.15) is 0 Å². The molecule has 15 heavy (non-hydrogen) atoms. The number of carbonyl (C=O) groups excluding carboxylic acids is 1. The second-order valence-electron chi connectivity index (χ2n) is 4.74. The van der Waals surface area contributed by atoms with E-state index < -0.39 is 0 Å². The van der Waals surface area contributed by atoms with Gasteiger partial charge in [0.05, 0.1) is 0 Å². The molecule has 0 bridgehead atoms. The van der Waals surface area contributed by atoms with Crippen molar-refractivity contribution in [3.05, 3.63) is 0 Å². The lowest BCUT2D eigenvalue weighted by Gasteiger charge is -2.27. The zero-order chi connectivity index (χ0) is 10.7. The number of rotatable bonds is 3. The van der Waals surface area contributed by atoms with Gasteiger partial charge in [0.25, 0.3) is 0 Å². The Bertz CT molecular complexity index is 227. The lowest BCUT2D eigenvalue weighted by molar-refractivity contribution is -0.128. The van der Waals surface area contributed by atoms with Gasteiger partial charge in [-0.15, -0.1) is 0 Å². The molecule has 1 atom stereocenters. The highest BCUT2D eigenvalue weighted by Gasteiger charge is 2.30. The van der Waals surface area contributed by atoms with Crippen molar-refractivity contribution in [2.45, 2.75) is 19.3 Å². The fourth-order valence-corrected chi connectivity index (χ4v) is 2.53. The van der Waals surface area contributed by atoms with Crippen LogP contribution in [0.5, 0.6) is 0 Å². The molecule has 0 aromatic rings. The minimum absolute atomic E-state index is 0.147. The topological polar surface area (TPSA) is 52.6 Å². The van der Waals surface area contributed by atoms with E-state index in [1.807, 2.05) is 4.90 Å². The van der Waals surface area contributed by atoms with Crippen LogP contribution in [0.2, 0.25) is 0 Å². The molecule has 0 aromatic carbocycles. The molecular formula is C11H20N2O2.